The lowest BCUT2D eigenvalue weighted by atomic mass is 9.82. The van der Waals surface area contributed by atoms with Crippen molar-refractivity contribution in [1.29, 1.82) is 0 Å². The first-order valence-corrected chi connectivity index (χ1v) is 33.3. The molecule has 0 radical (unpaired) electrons. The van der Waals surface area contributed by atoms with Crippen molar-refractivity contribution in [3.8, 4) is 0 Å². The molecule has 0 unspecified atom stereocenters. The molecule has 0 saturated carbocycles. The van der Waals surface area contributed by atoms with Gasteiger partial charge in [0.2, 0.25) is 0 Å². The minimum absolute atomic E-state index is 0.0451. The minimum atomic E-state index is -0.468. The van der Waals surface area contributed by atoms with Gasteiger partial charge in [-0.2, -0.15) is 0 Å². The summed E-state index contributed by atoms with van der Waals surface area (Å²) in [6, 6.07) is 29.6. The third kappa shape index (κ3) is 9.03. The van der Waals surface area contributed by atoms with Crippen molar-refractivity contribution in [3.63, 3.8) is 0 Å². The Hall–Kier alpha value is -8.64. The molecule has 0 aromatic heterocycles. The second-order valence-corrected chi connectivity index (χ2v) is 25.8. The van der Waals surface area contributed by atoms with E-state index in [-0.39, 0.29) is 55.2 Å². The molecule has 0 saturated heterocycles. The Kier molecular flexibility index (Phi) is 15.3. The molecular formula is C77H76N4O8. The Labute approximate surface area is 518 Å². The van der Waals surface area contributed by atoms with Gasteiger partial charge in [0.25, 0.3) is 47.3 Å². The third-order valence-corrected chi connectivity index (χ3v) is 20.6. The van der Waals surface area contributed by atoms with E-state index in [4.69, 9.17) is 0 Å². The number of benzene rings is 10. The van der Waals surface area contributed by atoms with Gasteiger partial charge in [-0.1, -0.05) is 179 Å². The first kappa shape index (κ1) is 58.1. The normalized spacial score (nSPS) is 15.2. The minimum Gasteiger partial charge on any atom is -0.274 e. The zero-order valence-electron chi connectivity index (χ0n) is 51.7. The highest BCUT2D eigenvalue weighted by Gasteiger charge is 2.42. The number of nitrogens with zero attached hydrogens (tertiary/aromatic N) is 4. The largest absolute Gasteiger partial charge is 0.274 e. The third-order valence-electron chi connectivity index (χ3n) is 20.6. The highest BCUT2D eigenvalue weighted by atomic mass is 16.2. The first-order chi connectivity index (χ1) is 43.4. The Bertz CT molecular complexity index is 4100. The quantitative estimate of drug-likeness (QED) is 0.0225. The molecule has 0 N–H and O–H groups in total. The van der Waals surface area contributed by atoms with Gasteiger partial charge in [0.05, 0.1) is 0 Å². The Morgan fingerprint density at radius 3 is 0.640 bits per heavy atom. The number of fused-ring (bicyclic) bond motifs is 4. The van der Waals surface area contributed by atoms with Crippen molar-refractivity contribution < 1.29 is 38.4 Å². The number of carbonyl (C=O) groups excluding carboxylic acids is 8. The smallest absolute Gasteiger partial charge is 0.261 e. The lowest BCUT2D eigenvalue weighted by Crippen LogP contribution is -2.47. The summed E-state index contributed by atoms with van der Waals surface area (Å²) in [6.07, 6.45) is 20.3. The Morgan fingerprint density at radius 1 is 0.236 bits per heavy atom. The van der Waals surface area contributed by atoms with Gasteiger partial charge < -0.3 is 0 Å². The summed E-state index contributed by atoms with van der Waals surface area (Å²) in [5, 5.41) is 12.2. The second kappa shape index (κ2) is 23.4. The summed E-state index contributed by atoms with van der Waals surface area (Å²) < 4.78 is 0. The zero-order valence-corrected chi connectivity index (χ0v) is 51.7. The molecule has 12 nitrogen and oxygen atoms in total. The van der Waals surface area contributed by atoms with Gasteiger partial charge in [-0.15, -0.1) is 0 Å². The molecule has 452 valence electrons. The van der Waals surface area contributed by atoms with Gasteiger partial charge >= 0.3 is 0 Å². The molecule has 0 aliphatic carbocycles. The Balaban J connectivity index is 0.727. The average molecular weight is 1190 g/mol. The number of imide groups is 4. The number of rotatable bonds is 26. The van der Waals surface area contributed by atoms with E-state index in [0.717, 1.165) is 193 Å². The van der Waals surface area contributed by atoms with E-state index in [1.165, 1.54) is 9.80 Å². The van der Waals surface area contributed by atoms with Gasteiger partial charge in [0.1, 0.15) is 0 Å². The van der Waals surface area contributed by atoms with Crippen molar-refractivity contribution in [2.45, 2.75) is 175 Å². The van der Waals surface area contributed by atoms with Crippen molar-refractivity contribution in [3.05, 3.63) is 142 Å². The molecule has 4 heterocycles. The maximum Gasteiger partial charge on any atom is 0.261 e. The van der Waals surface area contributed by atoms with Crippen molar-refractivity contribution in [2.24, 2.45) is 0 Å². The highest BCUT2D eigenvalue weighted by molar-refractivity contribution is 6.43. The number of hydrogen-bond donors (Lipinski definition) is 0. The number of carbonyl (C=O) groups is 8. The highest BCUT2D eigenvalue weighted by Crippen LogP contribution is 2.49. The summed E-state index contributed by atoms with van der Waals surface area (Å²) in [5.41, 5.74) is 3.55. The van der Waals surface area contributed by atoms with Crippen LogP contribution in [-0.2, 0) is 0 Å². The van der Waals surface area contributed by atoms with E-state index in [1.807, 2.05) is 72.8 Å². The molecule has 10 aromatic rings. The molecule has 0 fully saturated rings. The van der Waals surface area contributed by atoms with Gasteiger partial charge in [0, 0.05) is 91.2 Å². The molecule has 0 bridgehead atoms. The fourth-order valence-corrected chi connectivity index (χ4v) is 16.2. The van der Waals surface area contributed by atoms with Crippen LogP contribution in [0, 0.1) is 0 Å². The molecule has 0 spiro atoms. The first-order valence-electron chi connectivity index (χ1n) is 33.3. The summed E-state index contributed by atoms with van der Waals surface area (Å²) >= 11 is 0. The molecule has 10 aromatic carbocycles. The van der Waals surface area contributed by atoms with Crippen LogP contribution in [0.15, 0.2) is 97.1 Å². The van der Waals surface area contributed by atoms with Crippen molar-refractivity contribution >= 4 is 133 Å². The standard InChI is InChI=1S/C77H76N4O8/c1-5-9-13-17-22-44(23-18-14-10-6-2)80-74(86)58-38-30-50-46-26-34-54-66-55(35-27-47(62(46)66)51-31-39-59(75(80)87)68(58)64(50)51)71(83)78(70(54)82)42-21-43-79-72(84)56-36-28-48-52-32-40-60-69-61(41-33-53(65(52)69)49-29-37-57(73(79)85)67(56)63(48)49)77(89)81(76(60)88)45(24-19-15-11-7-3)25-20-16-12-8-4/h26-41,44-45H,5-25,42-43H2,1-4H3. The number of amides is 8. The molecule has 14 rings (SSSR count). The number of unbranched alkanes of at least 4 members (excludes halogenated alkanes) is 12. The van der Waals surface area contributed by atoms with Crippen molar-refractivity contribution in [2.75, 3.05) is 13.1 Å². The van der Waals surface area contributed by atoms with Gasteiger partial charge in [-0.3, -0.25) is 58.0 Å². The van der Waals surface area contributed by atoms with E-state index in [2.05, 4.69) is 27.7 Å². The topological polar surface area (TPSA) is 150 Å². The number of hydrogen-bond acceptors (Lipinski definition) is 8. The fourth-order valence-electron chi connectivity index (χ4n) is 16.2. The summed E-state index contributed by atoms with van der Waals surface area (Å²) in [5.74, 6) is -2.88. The maximum atomic E-state index is 14.7. The van der Waals surface area contributed by atoms with Gasteiger partial charge in [0.15, 0.2) is 0 Å². The summed E-state index contributed by atoms with van der Waals surface area (Å²) in [4.78, 5) is 123. The predicted octanol–water partition coefficient (Wildman–Crippen LogP) is 17.9. The molecule has 4 aliphatic heterocycles. The van der Waals surface area contributed by atoms with Crippen LogP contribution in [0.2, 0.25) is 0 Å². The van der Waals surface area contributed by atoms with E-state index < -0.39 is 23.6 Å². The zero-order chi connectivity index (χ0) is 61.5. The molecule has 8 amide bonds. The van der Waals surface area contributed by atoms with Gasteiger partial charge in [-0.05, 0) is 145 Å². The van der Waals surface area contributed by atoms with Crippen LogP contribution in [0.4, 0.5) is 0 Å². The molecule has 12 heteroatoms. The molecule has 89 heavy (non-hydrogen) atoms. The van der Waals surface area contributed by atoms with Crippen LogP contribution in [0.1, 0.15) is 245 Å². The van der Waals surface area contributed by atoms with Crippen LogP contribution in [0.5, 0.6) is 0 Å². The summed E-state index contributed by atoms with van der Waals surface area (Å²) in [7, 11) is 0. The molecule has 4 aliphatic rings. The van der Waals surface area contributed by atoms with Crippen LogP contribution >= 0.6 is 0 Å². The molecular weight excluding hydrogens is 1110 g/mol. The maximum absolute atomic E-state index is 14.7. The lowest BCUT2D eigenvalue weighted by molar-refractivity contribution is 0.0501. The van der Waals surface area contributed by atoms with E-state index in [9.17, 15) is 38.4 Å². The van der Waals surface area contributed by atoms with E-state index >= 15 is 0 Å². The second-order valence-electron chi connectivity index (χ2n) is 25.8. The van der Waals surface area contributed by atoms with Crippen LogP contribution in [-0.4, -0.2) is 92.0 Å². The molecule has 0 atom stereocenters. The Morgan fingerprint density at radius 2 is 0.438 bits per heavy atom. The van der Waals surface area contributed by atoms with E-state index in [1.54, 1.807) is 34.1 Å². The van der Waals surface area contributed by atoms with Crippen LogP contribution < -0.4 is 0 Å². The fraction of sp³-hybridized carbons (Fsp3) is 0.377. The SMILES string of the molecule is CCCCCCC(CCCCCC)N1C(=O)c2ccc3c4ccc5c6c(ccc(c7ccc(c2c37)C1=O)c64)C(=O)N(CCCN1C(=O)c2ccc3c4ccc6c7c(ccc(c8ccc(c2c38)C1=O)c74)C(=O)N(C(CCCCCC)CCCCCC)C6=O)C5=O. The predicted molar refractivity (Wildman–Crippen MR) is 354 cm³/mol. The van der Waals surface area contributed by atoms with E-state index in [0.29, 0.717) is 66.1 Å². The lowest BCUT2D eigenvalue weighted by Gasteiger charge is -2.35. The summed E-state index contributed by atoms with van der Waals surface area (Å²) in [6.45, 7) is 8.64. The van der Waals surface area contributed by atoms with Gasteiger partial charge in [-0.25, -0.2) is 0 Å². The average Bonchev–Trinajstić information content (AvgIpc) is 0.741. The van der Waals surface area contributed by atoms with Crippen LogP contribution in [0.3, 0.4) is 0 Å². The van der Waals surface area contributed by atoms with Crippen molar-refractivity contribution in [1.82, 2.24) is 19.6 Å². The van der Waals surface area contributed by atoms with Crippen LogP contribution in [0.25, 0.3) is 86.2 Å². The monoisotopic (exact) mass is 1180 g/mol.